The number of piperidine rings is 1. The van der Waals surface area contributed by atoms with Gasteiger partial charge in [-0.25, -0.2) is 0 Å². The second-order valence-corrected chi connectivity index (χ2v) is 8.73. The summed E-state index contributed by atoms with van der Waals surface area (Å²) in [7, 11) is 0. The highest BCUT2D eigenvalue weighted by Gasteiger charge is 2.21. The normalized spacial score (nSPS) is 18.3. The fraction of sp³-hybridized carbons (Fsp3) is 0.500. The SMILES string of the molecule is CC(Oc1cccc2c1CCCC2)C(=O)NC(C)c1ccc(N2CCCCC2)cc1. The topological polar surface area (TPSA) is 41.6 Å². The molecule has 4 rings (SSSR count). The maximum absolute atomic E-state index is 12.8. The summed E-state index contributed by atoms with van der Waals surface area (Å²) in [4.78, 5) is 15.2. The van der Waals surface area contributed by atoms with Crippen LogP contribution in [0.3, 0.4) is 0 Å². The monoisotopic (exact) mass is 406 g/mol. The van der Waals surface area contributed by atoms with Crippen LogP contribution in [0.4, 0.5) is 5.69 Å². The number of benzene rings is 2. The van der Waals surface area contributed by atoms with Crippen molar-refractivity contribution in [1.29, 1.82) is 0 Å². The highest BCUT2D eigenvalue weighted by atomic mass is 16.5. The number of rotatable bonds is 6. The molecule has 1 heterocycles. The molecule has 160 valence electrons. The quantitative estimate of drug-likeness (QED) is 0.717. The molecule has 1 aliphatic carbocycles. The molecule has 0 aromatic heterocycles. The highest BCUT2D eigenvalue weighted by Crippen LogP contribution is 2.30. The standard InChI is InChI=1S/C26H34N2O2/c1-19(21-13-15-23(16-14-21)28-17-6-3-7-18-28)27-26(29)20(2)30-25-12-8-10-22-9-4-5-11-24(22)25/h8,10,12-16,19-20H,3-7,9,11,17-18H2,1-2H3,(H,27,29). The minimum absolute atomic E-state index is 0.0522. The van der Waals surface area contributed by atoms with E-state index < -0.39 is 6.10 Å². The molecule has 4 nitrogen and oxygen atoms in total. The maximum atomic E-state index is 12.8. The van der Waals surface area contributed by atoms with E-state index in [0.717, 1.165) is 37.2 Å². The van der Waals surface area contributed by atoms with Crippen molar-refractivity contribution in [3.05, 3.63) is 59.2 Å². The molecule has 4 heteroatoms. The molecule has 1 fully saturated rings. The smallest absolute Gasteiger partial charge is 0.261 e. The molecule has 2 aromatic rings. The van der Waals surface area contributed by atoms with E-state index in [2.05, 4.69) is 40.5 Å². The molecule has 0 spiro atoms. The van der Waals surface area contributed by atoms with Gasteiger partial charge in [-0.05, 0) is 93.7 Å². The van der Waals surface area contributed by atoms with Crippen LogP contribution in [0, 0.1) is 0 Å². The fourth-order valence-corrected chi connectivity index (χ4v) is 4.64. The van der Waals surface area contributed by atoms with Crippen molar-refractivity contribution in [3.63, 3.8) is 0 Å². The van der Waals surface area contributed by atoms with Gasteiger partial charge in [-0.3, -0.25) is 4.79 Å². The molecular weight excluding hydrogens is 372 g/mol. The molecule has 30 heavy (non-hydrogen) atoms. The van der Waals surface area contributed by atoms with Crippen molar-refractivity contribution in [2.75, 3.05) is 18.0 Å². The summed E-state index contributed by atoms with van der Waals surface area (Å²) >= 11 is 0. The second kappa shape index (κ2) is 9.55. The molecule has 1 amide bonds. The zero-order valence-electron chi connectivity index (χ0n) is 18.3. The molecule has 0 bridgehead atoms. The van der Waals surface area contributed by atoms with Gasteiger partial charge in [-0.15, -0.1) is 0 Å². The zero-order valence-corrected chi connectivity index (χ0v) is 18.3. The van der Waals surface area contributed by atoms with Crippen LogP contribution in [0.15, 0.2) is 42.5 Å². The number of amides is 1. The van der Waals surface area contributed by atoms with Crippen molar-refractivity contribution in [2.45, 2.75) is 70.9 Å². The maximum Gasteiger partial charge on any atom is 0.261 e. The lowest BCUT2D eigenvalue weighted by Gasteiger charge is -2.29. The van der Waals surface area contributed by atoms with Gasteiger partial charge in [0, 0.05) is 18.8 Å². The van der Waals surface area contributed by atoms with E-state index in [4.69, 9.17) is 4.74 Å². The van der Waals surface area contributed by atoms with E-state index >= 15 is 0 Å². The number of carbonyl (C=O) groups excluding carboxylic acids is 1. The molecule has 2 unspecified atom stereocenters. The Morgan fingerprint density at radius 3 is 2.43 bits per heavy atom. The summed E-state index contributed by atoms with van der Waals surface area (Å²) in [5.41, 5.74) is 5.05. The van der Waals surface area contributed by atoms with Gasteiger partial charge in [0.1, 0.15) is 5.75 Å². The lowest BCUT2D eigenvalue weighted by Crippen LogP contribution is -2.38. The zero-order chi connectivity index (χ0) is 20.9. The first-order chi connectivity index (χ1) is 14.6. The Hall–Kier alpha value is -2.49. The molecule has 0 radical (unpaired) electrons. The molecule has 2 aromatic carbocycles. The van der Waals surface area contributed by atoms with Gasteiger partial charge in [0.15, 0.2) is 6.10 Å². The van der Waals surface area contributed by atoms with Gasteiger partial charge in [0.05, 0.1) is 6.04 Å². The van der Waals surface area contributed by atoms with Crippen molar-refractivity contribution in [1.82, 2.24) is 5.32 Å². The van der Waals surface area contributed by atoms with E-state index in [0.29, 0.717) is 0 Å². The summed E-state index contributed by atoms with van der Waals surface area (Å²) < 4.78 is 6.09. The van der Waals surface area contributed by atoms with Crippen molar-refractivity contribution in [2.24, 2.45) is 0 Å². The van der Waals surface area contributed by atoms with E-state index in [1.807, 2.05) is 26.0 Å². The minimum atomic E-state index is -0.520. The van der Waals surface area contributed by atoms with Crippen LogP contribution >= 0.6 is 0 Å². The molecule has 2 aliphatic rings. The summed E-state index contributed by atoms with van der Waals surface area (Å²) in [5, 5.41) is 3.12. The third-order valence-corrected chi connectivity index (χ3v) is 6.50. The fourth-order valence-electron chi connectivity index (χ4n) is 4.64. The first-order valence-electron chi connectivity index (χ1n) is 11.5. The van der Waals surface area contributed by atoms with Crippen molar-refractivity contribution >= 4 is 11.6 Å². The number of nitrogens with one attached hydrogen (secondary N) is 1. The highest BCUT2D eigenvalue weighted by molar-refractivity contribution is 5.81. The van der Waals surface area contributed by atoms with Crippen LogP contribution in [0.25, 0.3) is 0 Å². The van der Waals surface area contributed by atoms with Crippen LogP contribution in [0.1, 0.15) is 68.7 Å². The first kappa shape index (κ1) is 20.8. The summed E-state index contributed by atoms with van der Waals surface area (Å²) in [6.07, 6.45) is 7.95. The molecule has 2 atom stereocenters. The number of hydrogen-bond acceptors (Lipinski definition) is 3. The van der Waals surface area contributed by atoms with E-state index in [9.17, 15) is 4.79 Å². The largest absolute Gasteiger partial charge is 0.481 e. The molecule has 1 N–H and O–H groups in total. The van der Waals surface area contributed by atoms with E-state index in [1.165, 1.54) is 48.9 Å². The Balaban J connectivity index is 1.35. The van der Waals surface area contributed by atoms with E-state index in [-0.39, 0.29) is 11.9 Å². The average Bonchev–Trinajstić information content (AvgIpc) is 2.80. The number of hydrogen-bond donors (Lipinski definition) is 1. The molecular formula is C26H34N2O2. The van der Waals surface area contributed by atoms with Gasteiger partial charge in [-0.2, -0.15) is 0 Å². The van der Waals surface area contributed by atoms with Gasteiger partial charge in [0.25, 0.3) is 5.91 Å². The number of carbonyl (C=O) groups is 1. The van der Waals surface area contributed by atoms with E-state index in [1.54, 1.807) is 0 Å². The Morgan fingerprint density at radius 2 is 1.67 bits per heavy atom. The summed E-state index contributed by atoms with van der Waals surface area (Å²) in [6, 6.07) is 14.8. The average molecular weight is 407 g/mol. The Labute approximate surface area is 180 Å². The molecule has 1 aliphatic heterocycles. The summed E-state index contributed by atoms with van der Waals surface area (Å²) in [5.74, 6) is 0.796. The number of aryl methyl sites for hydroxylation is 1. The number of ether oxygens (including phenoxy) is 1. The Morgan fingerprint density at radius 1 is 0.933 bits per heavy atom. The predicted molar refractivity (Wildman–Crippen MR) is 122 cm³/mol. The lowest BCUT2D eigenvalue weighted by molar-refractivity contribution is -0.127. The number of anilines is 1. The van der Waals surface area contributed by atoms with Crippen LogP contribution in [-0.4, -0.2) is 25.1 Å². The molecule has 1 saturated heterocycles. The van der Waals surface area contributed by atoms with Crippen LogP contribution in [0.5, 0.6) is 5.75 Å². The van der Waals surface area contributed by atoms with Crippen molar-refractivity contribution < 1.29 is 9.53 Å². The lowest BCUT2D eigenvalue weighted by atomic mass is 9.91. The van der Waals surface area contributed by atoms with Gasteiger partial charge >= 0.3 is 0 Å². The number of fused-ring (bicyclic) bond motifs is 1. The Bertz CT molecular complexity index is 856. The number of nitrogens with zero attached hydrogens (tertiary/aromatic N) is 1. The minimum Gasteiger partial charge on any atom is -0.481 e. The van der Waals surface area contributed by atoms with Gasteiger partial charge in [-0.1, -0.05) is 24.3 Å². The van der Waals surface area contributed by atoms with Gasteiger partial charge in [0.2, 0.25) is 0 Å². The predicted octanol–water partition coefficient (Wildman–Crippen LogP) is 5.20. The first-order valence-corrected chi connectivity index (χ1v) is 11.5. The van der Waals surface area contributed by atoms with Gasteiger partial charge < -0.3 is 15.0 Å². The van der Waals surface area contributed by atoms with Crippen LogP contribution in [0.2, 0.25) is 0 Å². The molecule has 0 saturated carbocycles. The third-order valence-electron chi connectivity index (χ3n) is 6.50. The third kappa shape index (κ3) is 4.80. The van der Waals surface area contributed by atoms with Crippen LogP contribution < -0.4 is 15.0 Å². The summed E-state index contributed by atoms with van der Waals surface area (Å²) in [6.45, 7) is 6.15. The van der Waals surface area contributed by atoms with Crippen LogP contribution in [-0.2, 0) is 17.6 Å². The Kier molecular flexibility index (Phi) is 6.61. The second-order valence-electron chi connectivity index (χ2n) is 8.73. The van der Waals surface area contributed by atoms with Crippen molar-refractivity contribution in [3.8, 4) is 5.75 Å².